The first-order valence-electron chi connectivity index (χ1n) is 3.63. The van der Waals surface area contributed by atoms with Gasteiger partial charge < -0.3 is 5.11 Å². The Labute approximate surface area is 89.3 Å². The molecule has 2 nitrogen and oxygen atoms in total. The molecular formula is C8H11Br2NO. The molecule has 68 valence electrons. The summed E-state index contributed by atoms with van der Waals surface area (Å²) >= 11 is 6.30. The summed E-state index contributed by atoms with van der Waals surface area (Å²) in [6, 6.07) is 1.75. The lowest BCUT2D eigenvalue weighted by atomic mass is 10.3. The number of rotatable bonds is 0. The maximum Gasteiger partial charge on any atom is 0.151 e. The average molecular weight is 297 g/mol. The minimum atomic E-state index is 0.197. The van der Waals surface area contributed by atoms with Crippen molar-refractivity contribution in [2.45, 2.75) is 20.8 Å². The van der Waals surface area contributed by atoms with Gasteiger partial charge in [-0.15, -0.1) is 0 Å². The van der Waals surface area contributed by atoms with Crippen molar-refractivity contribution in [3.63, 3.8) is 0 Å². The molecule has 0 atom stereocenters. The maximum absolute atomic E-state index is 9.20. The third kappa shape index (κ3) is 3.11. The van der Waals surface area contributed by atoms with Crippen molar-refractivity contribution in [3.05, 3.63) is 20.8 Å². The summed E-state index contributed by atoms with van der Waals surface area (Å²) in [5.74, 6) is 0.197. The molecule has 0 spiro atoms. The maximum atomic E-state index is 9.20. The highest BCUT2D eigenvalue weighted by molar-refractivity contribution is 9.11. The molecule has 0 fully saturated rings. The predicted octanol–water partition coefficient (Wildman–Crippen LogP) is 3.65. The monoisotopic (exact) mass is 295 g/mol. The Balaban J connectivity index is 0.000000561. The van der Waals surface area contributed by atoms with E-state index >= 15 is 0 Å². The quantitative estimate of drug-likeness (QED) is 0.741. The van der Waals surface area contributed by atoms with E-state index in [2.05, 4.69) is 36.8 Å². The highest BCUT2D eigenvalue weighted by Gasteiger charge is 2.03. The SMILES string of the molecule is CC.Cc1cc(Br)nc(Br)c1O. The van der Waals surface area contributed by atoms with Crippen LogP contribution in [0.1, 0.15) is 19.4 Å². The van der Waals surface area contributed by atoms with E-state index in [1.165, 1.54) is 0 Å². The molecule has 12 heavy (non-hydrogen) atoms. The van der Waals surface area contributed by atoms with Gasteiger partial charge in [-0.25, -0.2) is 4.98 Å². The van der Waals surface area contributed by atoms with Gasteiger partial charge in [-0.1, -0.05) is 13.8 Å². The minimum absolute atomic E-state index is 0.197. The van der Waals surface area contributed by atoms with E-state index in [-0.39, 0.29) is 5.75 Å². The van der Waals surface area contributed by atoms with Gasteiger partial charge in [0.2, 0.25) is 0 Å². The lowest BCUT2D eigenvalue weighted by molar-refractivity contribution is 0.464. The van der Waals surface area contributed by atoms with Crippen LogP contribution in [-0.2, 0) is 0 Å². The second-order valence-electron chi connectivity index (χ2n) is 1.90. The Morgan fingerprint density at radius 2 is 1.83 bits per heavy atom. The summed E-state index contributed by atoms with van der Waals surface area (Å²) in [7, 11) is 0. The van der Waals surface area contributed by atoms with Gasteiger partial charge in [0.05, 0.1) is 0 Å². The first-order valence-corrected chi connectivity index (χ1v) is 5.21. The molecule has 0 aliphatic carbocycles. The number of nitrogens with zero attached hydrogens (tertiary/aromatic N) is 1. The Bertz CT molecular complexity index is 240. The minimum Gasteiger partial charge on any atom is -0.505 e. The summed E-state index contributed by atoms with van der Waals surface area (Å²) in [5, 5.41) is 9.20. The van der Waals surface area contributed by atoms with Gasteiger partial charge in [0.25, 0.3) is 0 Å². The summed E-state index contributed by atoms with van der Waals surface area (Å²) in [5.41, 5.74) is 0.800. The molecule has 4 heteroatoms. The Hall–Kier alpha value is -0.0900. The second-order valence-corrected chi connectivity index (χ2v) is 3.46. The van der Waals surface area contributed by atoms with Gasteiger partial charge in [-0.05, 0) is 50.4 Å². The Kier molecular flexibility index (Phi) is 5.50. The van der Waals surface area contributed by atoms with Gasteiger partial charge in [-0.2, -0.15) is 0 Å². The number of aromatic nitrogens is 1. The van der Waals surface area contributed by atoms with Crippen LogP contribution in [0.2, 0.25) is 0 Å². The highest BCUT2D eigenvalue weighted by Crippen LogP contribution is 2.27. The number of halogens is 2. The van der Waals surface area contributed by atoms with E-state index in [1.54, 1.807) is 6.07 Å². The lowest BCUT2D eigenvalue weighted by Gasteiger charge is -1.99. The molecule has 0 amide bonds. The topological polar surface area (TPSA) is 33.1 Å². The number of aryl methyl sites for hydroxylation is 1. The molecule has 0 bridgehead atoms. The highest BCUT2D eigenvalue weighted by atomic mass is 79.9. The van der Waals surface area contributed by atoms with E-state index in [0.29, 0.717) is 4.60 Å². The van der Waals surface area contributed by atoms with Gasteiger partial charge in [0, 0.05) is 0 Å². The van der Waals surface area contributed by atoms with Crippen molar-refractivity contribution in [1.82, 2.24) is 4.98 Å². The van der Waals surface area contributed by atoms with E-state index in [1.807, 2.05) is 20.8 Å². The molecule has 1 heterocycles. The summed E-state index contributed by atoms with van der Waals surface area (Å²) in [6.45, 7) is 5.81. The van der Waals surface area contributed by atoms with E-state index in [0.717, 1.165) is 10.2 Å². The van der Waals surface area contributed by atoms with Crippen molar-refractivity contribution in [1.29, 1.82) is 0 Å². The second kappa shape index (κ2) is 5.54. The number of hydrogen-bond acceptors (Lipinski definition) is 2. The smallest absolute Gasteiger partial charge is 0.151 e. The van der Waals surface area contributed by atoms with Gasteiger partial charge in [-0.3, -0.25) is 0 Å². The van der Waals surface area contributed by atoms with Crippen LogP contribution in [0.25, 0.3) is 0 Å². The third-order valence-electron chi connectivity index (χ3n) is 1.11. The van der Waals surface area contributed by atoms with Gasteiger partial charge >= 0.3 is 0 Å². The Morgan fingerprint density at radius 1 is 1.33 bits per heavy atom. The summed E-state index contributed by atoms with van der Waals surface area (Å²) < 4.78 is 1.19. The standard InChI is InChI=1S/C6H5Br2NO.C2H6/c1-3-2-4(7)9-6(8)5(3)10;1-2/h2,10H,1H3;1-2H3. The largest absolute Gasteiger partial charge is 0.505 e. The van der Waals surface area contributed by atoms with Crippen LogP contribution < -0.4 is 0 Å². The van der Waals surface area contributed by atoms with Crippen LogP contribution in [0.5, 0.6) is 5.75 Å². The zero-order chi connectivity index (χ0) is 9.72. The van der Waals surface area contributed by atoms with Crippen LogP contribution in [0.3, 0.4) is 0 Å². The molecule has 1 aromatic rings. The van der Waals surface area contributed by atoms with E-state index in [9.17, 15) is 5.11 Å². The molecule has 0 radical (unpaired) electrons. The average Bonchev–Trinajstić information content (AvgIpc) is 2.04. The van der Waals surface area contributed by atoms with Crippen molar-refractivity contribution in [2.24, 2.45) is 0 Å². The van der Waals surface area contributed by atoms with Gasteiger partial charge in [0.1, 0.15) is 9.21 Å². The molecule has 0 aromatic carbocycles. The molecule has 0 aliphatic rings. The molecular weight excluding hydrogens is 286 g/mol. The number of pyridine rings is 1. The normalized spacial score (nSPS) is 8.75. The molecule has 0 aliphatic heterocycles. The number of hydrogen-bond donors (Lipinski definition) is 1. The third-order valence-corrected chi connectivity index (χ3v) is 2.07. The van der Waals surface area contributed by atoms with Crippen molar-refractivity contribution < 1.29 is 5.11 Å². The zero-order valence-corrected chi connectivity index (χ0v) is 10.4. The lowest BCUT2D eigenvalue weighted by Crippen LogP contribution is -1.82. The number of aromatic hydroxyl groups is 1. The fourth-order valence-corrected chi connectivity index (χ4v) is 1.85. The summed E-state index contributed by atoms with van der Waals surface area (Å²) in [4.78, 5) is 3.92. The molecule has 1 N–H and O–H groups in total. The first kappa shape index (κ1) is 11.9. The fraction of sp³-hybridized carbons (Fsp3) is 0.375. The Morgan fingerprint density at radius 3 is 2.25 bits per heavy atom. The predicted molar refractivity (Wildman–Crippen MR) is 57.4 cm³/mol. The molecule has 1 rings (SSSR count). The van der Waals surface area contributed by atoms with Crippen LogP contribution in [0.15, 0.2) is 15.3 Å². The van der Waals surface area contributed by atoms with Gasteiger partial charge in [0.15, 0.2) is 5.75 Å². The zero-order valence-electron chi connectivity index (χ0n) is 7.23. The molecule has 0 saturated heterocycles. The molecule has 1 aromatic heterocycles. The van der Waals surface area contributed by atoms with Crippen LogP contribution in [-0.4, -0.2) is 10.1 Å². The van der Waals surface area contributed by atoms with Crippen LogP contribution in [0.4, 0.5) is 0 Å². The molecule has 0 unspecified atom stereocenters. The van der Waals surface area contributed by atoms with Crippen molar-refractivity contribution in [3.8, 4) is 5.75 Å². The summed E-state index contributed by atoms with van der Waals surface area (Å²) in [6.07, 6.45) is 0. The first-order chi connectivity index (χ1) is 5.61. The van der Waals surface area contributed by atoms with Crippen LogP contribution in [0, 0.1) is 6.92 Å². The van der Waals surface area contributed by atoms with Crippen LogP contribution >= 0.6 is 31.9 Å². The van der Waals surface area contributed by atoms with E-state index < -0.39 is 0 Å². The van der Waals surface area contributed by atoms with E-state index in [4.69, 9.17) is 0 Å². The molecule has 0 saturated carbocycles. The fourth-order valence-electron chi connectivity index (χ4n) is 0.589. The van der Waals surface area contributed by atoms with Crippen molar-refractivity contribution >= 4 is 31.9 Å². The van der Waals surface area contributed by atoms with Crippen molar-refractivity contribution in [2.75, 3.05) is 0 Å².